The molecule has 2 heterocycles. The quantitative estimate of drug-likeness (QED) is 0.555. The Balaban J connectivity index is 1.57. The van der Waals surface area contributed by atoms with E-state index in [2.05, 4.69) is 23.5 Å². The second kappa shape index (κ2) is 8.30. The molecule has 2 aromatic carbocycles. The number of hydrogen-bond donors (Lipinski definition) is 1. The summed E-state index contributed by atoms with van der Waals surface area (Å²) in [7, 11) is 0. The number of carbonyl (C=O) groups is 1. The standard InChI is InChI=1S/C21H19Cl2N3O2S/c1-12-5-13(2)7-15(6-12)26-21(16-10-29-11-18(16)25-26)24-20(27)9-28-19-4-3-14(22)8-17(19)23/h3-8H,9-11H2,1-2H3,(H,24,27). The Bertz CT molecular complexity index is 1080. The normalized spacial score (nSPS) is 12.7. The fourth-order valence-electron chi connectivity index (χ4n) is 3.30. The van der Waals surface area contributed by atoms with E-state index in [0.29, 0.717) is 21.6 Å². The lowest BCUT2D eigenvalue weighted by molar-refractivity contribution is -0.118. The Morgan fingerprint density at radius 2 is 1.93 bits per heavy atom. The van der Waals surface area contributed by atoms with Crippen LogP contribution in [0, 0.1) is 13.8 Å². The van der Waals surface area contributed by atoms with Gasteiger partial charge >= 0.3 is 0 Å². The van der Waals surface area contributed by atoms with Crippen molar-refractivity contribution in [3.8, 4) is 11.4 Å². The number of aromatic nitrogens is 2. The third-order valence-electron chi connectivity index (χ3n) is 4.51. The van der Waals surface area contributed by atoms with Crippen LogP contribution in [0.2, 0.25) is 10.0 Å². The van der Waals surface area contributed by atoms with Crippen LogP contribution < -0.4 is 10.1 Å². The van der Waals surface area contributed by atoms with Crippen LogP contribution >= 0.6 is 35.0 Å². The lowest BCUT2D eigenvalue weighted by Gasteiger charge is -2.13. The van der Waals surface area contributed by atoms with Crippen molar-refractivity contribution < 1.29 is 9.53 Å². The molecular weight excluding hydrogens is 429 g/mol. The summed E-state index contributed by atoms with van der Waals surface area (Å²) in [6.45, 7) is 3.93. The fraction of sp³-hybridized carbons (Fsp3) is 0.238. The molecule has 1 N–H and O–H groups in total. The average Bonchev–Trinajstić information content (AvgIpc) is 3.23. The van der Waals surface area contributed by atoms with E-state index in [1.165, 1.54) is 0 Å². The molecule has 1 aliphatic heterocycles. The van der Waals surface area contributed by atoms with Gasteiger partial charge in [-0.1, -0.05) is 29.3 Å². The molecular formula is C21H19Cl2N3O2S. The van der Waals surface area contributed by atoms with Crippen LogP contribution in [0.15, 0.2) is 36.4 Å². The number of thioether (sulfide) groups is 1. The van der Waals surface area contributed by atoms with Gasteiger partial charge in [-0.05, 0) is 55.3 Å². The van der Waals surface area contributed by atoms with Crippen molar-refractivity contribution in [3.05, 3.63) is 68.8 Å². The largest absolute Gasteiger partial charge is 0.482 e. The number of rotatable bonds is 5. The minimum absolute atomic E-state index is 0.165. The predicted molar refractivity (Wildman–Crippen MR) is 119 cm³/mol. The number of aryl methyl sites for hydroxylation is 2. The van der Waals surface area contributed by atoms with E-state index in [4.69, 9.17) is 33.0 Å². The van der Waals surface area contributed by atoms with Crippen LogP contribution in [0.5, 0.6) is 5.75 Å². The Hall–Kier alpha value is -2.15. The molecule has 3 aromatic rings. The van der Waals surface area contributed by atoms with Gasteiger partial charge in [0.25, 0.3) is 5.91 Å². The Morgan fingerprint density at radius 3 is 2.66 bits per heavy atom. The molecule has 0 unspecified atom stereocenters. The van der Waals surface area contributed by atoms with Gasteiger partial charge in [0.1, 0.15) is 11.6 Å². The van der Waals surface area contributed by atoms with Gasteiger partial charge in [-0.2, -0.15) is 16.9 Å². The zero-order valence-electron chi connectivity index (χ0n) is 16.0. The maximum absolute atomic E-state index is 12.6. The minimum atomic E-state index is -0.277. The van der Waals surface area contributed by atoms with Gasteiger partial charge in [0.15, 0.2) is 6.61 Å². The van der Waals surface area contributed by atoms with Crippen LogP contribution in [-0.4, -0.2) is 22.3 Å². The molecule has 1 aliphatic rings. The number of anilines is 1. The molecule has 29 heavy (non-hydrogen) atoms. The number of halogens is 2. The lowest BCUT2D eigenvalue weighted by Crippen LogP contribution is -2.22. The zero-order valence-corrected chi connectivity index (χ0v) is 18.3. The van der Waals surface area contributed by atoms with Crippen LogP contribution in [0.4, 0.5) is 5.82 Å². The summed E-state index contributed by atoms with van der Waals surface area (Å²) in [6.07, 6.45) is 0. The second-order valence-corrected chi connectivity index (χ2v) is 8.77. The Labute approximate surface area is 183 Å². The summed E-state index contributed by atoms with van der Waals surface area (Å²) < 4.78 is 7.39. The summed E-state index contributed by atoms with van der Waals surface area (Å²) in [5, 5.41) is 8.60. The molecule has 0 aliphatic carbocycles. The third-order valence-corrected chi connectivity index (χ3v) is 6.01. The van der Waals surface area contributed by atoms with E-state index in [0.717, 1.165) is 39.6 Å². The number of nitrogens with one attached hydrogen (secondary N) is 1. The summed E-state index contributed by atoms with van der Waals surface area (Å²) in [4.78, 5) is 12.6. The molecule has 0 spiro atoms. The highest BCUT2D eigenvalue weighted by Gasteiger charge is 2.25. The van der Waals surface area contributed by atoms with Crippen molar-refractivity contribution in [2.75, 3.05) is 11.9 Å². The van der Waals surface area contributed by atoms with Crippen LogP contribution in [0.1, 0.15) is 22.4 Å². The maximum atomic E-state index is 12.6. The molecule has 0 atom stereocenters. The van der Waals surface area contributed by atoms with Gasteiger partial charge in [0, 0.05) is 22.1 Å². The van der Waals surface area contributed by atoms with Gasteiger partial charge in [-0.15, -0.1) is 0 Å². The highest BCUT2D eigenvalue weighted by molar-refractivity contribution is 7.98. The van der Waals surface area contributed by atoms with Crippen LogP contribution in [0.25, 0.3) is 5.69 Å². The van der Waals surface area contributed by atoms with Gasteiger partial charge in [0.2, 0.25) is 0 Å². The second-order valence-electron chi connectivity index (χ2n) is 6.94. The molecule has 8 heteroatoms. The van der Waals surface area contributed by atoms with Crippen molar-refractivity contribution in [2.24, 2.45) is 0 Å². The Kier molecular flexibility index (Phi) is 5.76. The highest BCUT2D eigenvalue weighted by atomic mass is 35.5. The fourth-order valence-corrected chi connectivity index (χ4v) is 4.80. The van der Waals surface area contributed by atoms with E-state index in [9.17, 15) is 4.79 Å². The predicted octanol–water partition coefficient (Wildman–Crippen LogP) is 5.56. The van der Waals surface area contributed by atoms with Crippen molar-refractivity contribution >= 4 is 46.7 Å². The molecule has 0 radical (unpaired) electrons. The SMILES string of the molecule is Cc1cc(C)cc(-n2nc3c(c2NC(=O)COc2ccc(Cl)cc2Cl)CSC3)c1. The number of fused-ring (bicyclic) bond motifs is 1. The number of benzene rings is 2. The summed E-state index contributed by atoms with van der Waals surface area (Å²) in [6, 6.07) is 11.1. The van der Waals surface area contributed by atoms with Gasteiger partial charge in [0.05, 0.1) is 16.4 Å². The minimum Gasteiger partial charge on any atom is -0.482 e. The molecule has 1 aromatic heterocycles. The van der Waals surface area contributed by atoms with Gasteiger partial charge in [-0.3, -0.25) is 4.79 Å². The van der Waals surface area contributed by atoms with E-state index < -0.39 is 0 Å². The van der Waals surface area contributed by atoms with Gasteiger partial charge < -0.3 is 10.1 Å². The van der Waals surface area contributed by atoms with Gasteiger partial charge in [-0.25, -0.2) is 4.68 Å². The lowest BCUT2D eigenvalue weighted by atomic mass is 10.1. The first-order chi connectivity index (χ1) is 13.9. The molecule has 4 rings (SSSR count). The van der Waals surface area contributed by atoms with Crippen LogP contribution in [-0.2, 0) is 16.3 Å². The van der Waals surface area contributed by atoms with E-state index >= 15 is 0 Å². The van der Waals surface area contributed by atoms with Crippen molar-refractivity contribution in [3.63, 3.8) is 0 Å². The third kappa shape index (κ3) is 4.39. The number of carbonyl (C=O) groups excluding carboxylic acids is 1. The van der Waals surface area contributed by atoms with Crippen molar-refractivity contribution in [1.82, 2.24) is 9.78 Å². The molecule has 150 valence electrons. The number of nitrogens with zero attached hydrogens (tertiary/aromatic N) is 2. The first kappa shape index (κ1) is 20.1. The molecule has 0 bridgehead atoms. The van der Waals surface area contributed by atoms with Crippen LogP contribution in [0.3, 0.4) is 0 Å². The summed E-state index contributed by atoms with van der Waals surface area (Å²) in [5.41, 5.74) is 5.28. The van der Waals surface area contributed by atoms with Crippen molar-refractivity contribution in [1.29, 1.82) is 0 Å². The monoisotopic (exact) mass is 447 g/mol. The number of ether oxygens (including phenoxy) is 1. The first-order valence-corrected chi connectivity index (χ1v) is 11.0. The highest BCUT2D eigenvalue weighted by Crippen LogP contribution is 2.36. The molecule has 0 saturated carbocycles. The zero-order chi connectivity index (χ0) is 20.5. The van der Waals surface area contributed by atoms with E-state index in [-0.39, 0.29) is 12.5 Å². The Morgan fingerprint density at radius 1 is 1.17 bits per heavy atom. The number of hydrogen-bond acceptors (Lipinski definition) is 4. The number of amides is 1. The first-order valence-electron chi connectivity index (χ1n) is 9.05. The van der Waals surface area contributed by atoms with E-state index in [1.807, 2.05) is 18.5 Å². The topological polar surface area (TPSA) is 56.2 Å². The average molecular weight is 448 g/mol. The molecule has 1 amide bonds. The molecule has 0 saturated heterocycles. The summed E-state index contributed by atoms with van der Waals surface area (Å²) in [5.74, 6) is 2.49. The van der Waals surface area contributed by atoms with E-state index in [1.54, 1.807) is 30.0 Å². The summed E-state index contributed by atoms with van der Waals surface area (Å²) >= 11 is 13.8. The maximum Gasteiger partial charge on any atom is 0.263 e. The van der Waals surface area contributed by atoms with Crippen molar-refractivity contribution in [2.45, 2.75) is 25.4 Å². The molecule has 0 fully saturated rings. The smallest absolute Gasteiger partial charge is 0.263 e. The molecule has 5 nitrogen and oxygen atoms in total.